The van der Waals surface area contributed by atoms with E-state index in [1.165, 1.54) is 19.3 Å². The molecule has 0 atom stereocenters. The summed E-state index contributed by atoms with van der Waals surface area (Å²) in [6.07, 6.45) is 2.96. The third kappa shape index (κ3) is 4.76. The smallest absolute Gasteiger partial charge is 0.189 e. The van der Waals surface area contributed by atoms with Gasteiger partial charge < -0.3 is 19.3 Å². The van der Waals surface area contributed by atoms with Gasteiger partial charge in [0, 0.05) is 17.7 Å². The molecule has 132 valence electrons. The molecule has 0 aliphatic rings. The van der Waals surface area contributed by atoms with Crippen LogP contribution in [0.15, 0.2) is 42.5 Å². The number of benzene rings is 2. The molecule has 0 aliphatic heterocycles. The van der Waals surface area contributed by atoms with E-state index in [2.05, 4.69) is 0 Å². The Bertz CT molecular complexity index is 765. The summed E-state index contributed by atoms with van der Waals surface area (Å²) < 4.78 is 16.0. The van der Waals surface area contributed by atoms with Crippen LogP contribution in [-0.4, -0.2) is 31.2 Å². The molecule has 0 spiro atoms. The van der Waals surface area contributed by atoms with E-state index in [0.29, 0.717) is 41.6 Å². The third-order valence-electron chi connectivity index (χ3n) is 3.48. The zero-order valence-corrected chi connectivity index (χ0v) is 14.6. The SMILES string of the molecule is CCOc1ccc(C(=O)C=Cc2ccc(OC)cc2O)c(OCC)c1. The van der Waals surface area contributed by atoms with E-state index in [1.54, 1.807) is 36.4 Å². The molecule has 0 radical (unpaired) electrons. The van der Waals surface area contributed by atoms with Crippen LogP contribution in [-0.2, 0) is 0 Å². The molecule has 1 N–H and O–H groups in total. The molecule has 0 saturated heterocycles. The first-order chi connectivity index (χ1) is 12.1. The van der Waals surface area contributed by atoms with Crippen molar-refractivity contribution in [3.8, 4) is 23.0 Å². The fraction of sp³-hybridized carbons (Fsp3) is 0.250. The summed E-state index contributed by atoms with van der Waals surface area (Å²) in [5.74, 6) is 1.49. The van der Waals surface area contributed by atoms with Crippen LogP contribution in [0.4, 0.5) is 0 Å². The molecule has 0 aromatic heterocycles. The fourth-order valence-corrected chi connectivity index (χ4v) is 2.28. The van der Waals surface area contributed by atoms with Crippen LogP contribution in [0.3, 0.4) is 0 Å². The van der Waals surface area contributed by atoms with E-state index in [0.717, 1.165) is 0 Å². The molecular formula is C20H22O5. The van der Waals surface area contributed by atoms with Crippen LogP contribution < -0.4 is 14.2 Å². The lowest BCUT2D eigenvalue weighted by molar-refractivity contribution is 0.104. The van der Waals surface area contributed by atoms with Crippen LogP contribution in [0.5, 0.6) is 23.0 Å². The zero-order valence-electron chi connectivity index (χ0n) is 14.6. The van der Waals surface area contributed by atoms with Crippen molar-refractivity contribution < 1.29 is 24.1 Å². The topological polar surface area (TPSA) is 65.0 Å². The molecule has 5 nitrogen and oxygen atoms in total. The maximum absolute atomic E-state index is 12.5. The summed E-state index contributed by atoms with van der Waals surface area (Å²) in [6.45, 7) is 4.73. The van der Waals surface area contributed by atoms with Crippen LogP contribution in [0.2, 0.25) is 0 Å². The zero-order chi connectivity index (χ0) is 18.2. The number of hydrogen-bond donors (Lipinski definition) is 1. The number of rotatable bonds is 8. The van der Waals surface area contributed by atoms with Gasteiger partial charge in [-0.25, -0.2) is 0 Å². The van der Waals surface area contributed by atoms with Gasteiger partial charge in [-0.1, -0.05) is 0 Å². The second-order valence-corrected chi connectivity index (χ2v) is 5.15. The molecule has 0 bridgehead atoms. The highest BCUT2D eigenvalue weighted by Crippen LogP contribution is 2.27. The Morgan fingerprint density at radius 3 is 2.40 bits per heavy atom. The van der Waals surface area contributed by atoms with Crippen molar-refractivity contribution in [2.24, 2.45) is 0 Å². The molecule has 25 heavy (non-hydrogen) atoms. The molecule has 0 aliphatic carbocycles. The highest BCUT2D eigenvalue weighted by molar-refractivity contribution is 6.08. The van der Waals surface area contributed by atoms with Gasteiger partial charge in [-0.2, -0.15) is 0 Å². The summed E-state index contributed by atoms with van der Waals surface area (Å²) in [5.41, 5.74) is 0.965. The summed E-state index contributed by atoms with van der Waals surface area (Å²) in [4.78, 5) is 12.5. The highest BCUT2D eigenvalue weighted by atomic mass is 16.5. The summed E-state index contributed by atoms with van der Waals surface area (Å²) in [5, 5.41) is 9.96. The molecule has 0 fully saturated rings. The number of hydrogen-bond acceptors (Lipinski definition) is 5. The molecular weight excluding hydrogens is 320 g/mol. The lowest BCUT2D eigenvalue weighted by Gasteiger charge is -2.10. The van der Waals surface area contributed by atoms with Gasteiger partial charge in [0.05, 0.1) is 25.9 Å². The Morgan fingerprint density at radius 2 is 1.76 bits per heavy atom. The second kappa shape index (κ2) is 8.78. The van der Waals surface area contributed by atoms with Gasteiger partial charge in [-0.15, -0.1) is 0 Å². The first-order valence-corrected chi connectivity index (χ1v) is 8.08. The minimum Gasteiger partial charge on any atom is -0.507 e. The van der Waals surface area contributed by atoms with E-state index in [-0.39, 0.29) is 11.5 Å². The number of aromatic hydroxyl groups is 1. The Kier molecular flexibility index (Phi) is 6.46. The van der Waals surface area contributed by atoms with E-state index in [4.69, 9.17) is 14.2 Å². The number of phenolic OH excluding ortho intramolecular Hbond substituents is 1. The largest absolute Gasteiger partial charge is 0.507 e. The number of allylic oxidation sites excluding steroid dienone is 1. The van der Waals surface area contributed by atoms with Crippen molar-refractivity contribution >= 4 is 11.9 Å². The van der Waals surface area contributed by atoms with Crippen molar-refractivity contribution in [2.45, 2.75) is 13.8 Å². The van der Waals surface area contributed by atoms with Crippen molar-refractivity contribution in [3.05, 3.63) is 53.6 Å². The fourth-order valence-electron chi connectivity index (χ4n) is 2.28. The minimum atomic E-state index is -0.221. The minimum absolute atomic E-state index is 0.0418. The van der Waals surface area contributed by atoms with Gasteiger partial charge in [0.1, 0.15) is 23.0 Å². The predicted octanol–water partition coefficient (Wildman–Crippen LogP) is 4.09. The Balaban J connectivity index is 2.25. The van der Waals surface area contributed by atoms with Crippen LogP contribution in [0.25, 0.3) is 6.08 Å². The molecule has 0 heterocycles. The maximum atomic E-state index is 12.5. The van der Waals surface area contributed by atoms with Crippen molar-refractivity contribution in [3.63, 3.8) is 0 Å². The predicted molar refractivity (Wildman–Crippen MR) is 96.8 cm³/mol. The van der Waals surface area contributed by atoms with Gasteiger partial charge >= 0.3 is 0 Å². The normalized spacial score (nSPS) is 10.7. The first-order valence-electron chi connectivity index (χ1n) is 8.08. The number of carbonyl (C=O) groups excluding carboxylic acids is 1. The average molecular weight is 342 g/mol. The Labute approximate surface area is 147 Å². The second-order valence-electron chi connectivity index (χ2n) is 5.15. The van der Waals surface area contributed by atoms with Crippen molar-refractivity contribution in [2.75, 3.05) is 20.3 Å². The Morgan fingerprint density at radius 1 is 1.04 bits per heavy atom. The number of ketones is 1. The van der Waals surface area contributed by atoms with Crippen LogP contribution in [0.1, 0.15) is 29.8 Å². The van der Waals surface area contributed by atoms with E-state index in [9.17, 15) is 9.90 Å². The first kappa shape index (κ1) is 18.4. The average Bonchev–Trinajstić information content (AvgIpc) is 2.61. The summed E-state index contributed by atoms with van der Waals surface area (Å²) in [6, 6.07) is 10.0. The summed E-state index contributed by atoms with van der Waals surface area (Å²) in [7, 11) is 1.52. The lowest BCUT2D eigenvalue weighted by atomic mass is 10.1. The molecule has 0 unspecified atom stereocenters. The molecule has 0 saturated carbocycles. The summed E-state index contributed by atoms with van der Waals surface area (Å²) >= 11 is 0. The molecule has 5 heteroatoms. The van der Waals surface area contributed by atoms with E-state index >= 15 is 0 Å². The Hall–Kier alpha value is -2.95. The van der Waals surface area contributed by atoms with Crippen LogP contribution in [0, 0.1) is 0 Å². The van der Waals surface area contributed by atoms with E-state index in [1.807, 2.05) is 13.8 Å². The van der Waals surface area contributed by atoms with Crippen LogP contribution >= 0.6 is 0 Å². The molecule has 2 aromatic rings. The van der Waals surface area contributed by atoms with Crippen molar-refractivity contribution in [1.82, 2.24) is 0 Å². The molecule has 2 rings (SSSR count). The number of methoxy groups -OCH3 is 1. The monoisotopic (exact) mass is 342 g/mol. The highest BCUT2D eigenvalue weighted by Gasteiger charge is 2.12. The lowest BCUT2D eigenvalue weighted by Crippen LogP contribution is -2.02. The number of phenols is 1. The van der Waals surface area contributed by atoms with Gasteiger partial charge in [0.2, 0.25) is 0 Å². The molecule has 2 aromatic carbocycles. The van der Waals surface area contributed by atoms with Gasteiger partial charge in [-0.3, -0.25) is 4.79 Å². The maximum Gasteiger partial charge on any atom is 0.189 e. The van der Waals surface area contributed by atoms with Gasteiger partial charge in [0.15, 0.2) is 5.78 Å². The third-order valence-corrected chi connectivity index (χ3v) is 3.48. The van der Waals surface area contributed by atoms with Crippen molar-refractivity contribution in [1.29, 1.82) is 0 Å². The quantitative estimate of drug-likeness (QED) is 0.578. The number of carbonyl (C=O) groups is 1. The van der Waals surface area contributed by atoms with Gasteiger partial charge in [-0.05, 0) is 50.3 Å². The standard InChI is InChI=1S/C20H22O5/c1-4-24-16-9-10-17(20(13-16)25-5-2)18(21)11-7-14-6-8-15(23-3)12-19(14)22/h6-13,22H,4-5H2,1-3H3. The molecule has 0 amide bonds. The van der Waals surface area contributed by atoms with Gasteiger partial charge in [0.25, 0.3) is 0 Å². The number of ether oxygens (including phenoxy) is 3. The van der Waals surface area contributed by atoms with E-state index < -0.39 is 0 Å².